The minimum Gasteiger partial charge on any atom is -0.366 e. The number of Topliss-reactive ketones (excluding diaryl/α,β-unsaturated/α-hetero) is 1. The van der Waals surface area contributed by atoms with Gasteiger partial charge in [0.05, 0.1) is 6.61 Å². The summed E-state index contributed by atoms with van der Waals surface area (Å²) in [5.41, 5.74) is -0.329. The van der Waals surface area contributed by atoms with Crippen LogP contribution in [-0.2, 0) is 9.53 Å². The lowest BCUT2D eigenvalue weighted by molar-refractivity contribution is -0.129. The van der Waals surface area contributed by atoms with Crippen LogP contribution in [0.5, 0.6) is 0 Å². The first-order valence-corrected chi connectivity index (χ1v) is 4.74. The molecule has 1 spiro atoms. The van der Waals surface area contributed by atoms with Crippen LogP contribution in [0.1, 0.15) is 12.8 Å². The van der Waals surface area contributed by atoms with E-state index >= 15 is 0 Å². The van der Waals surface area contributed by atoms with Gasteiger partial charge in [-0.3, -0.25) is 4.79 Å². The van der Waals surface area contributed by atoms with Gasteiger partial charge in [-0.05, 0) is 12.2 Å². The van der Waals surface area contributed by atoms with Gasteiger partial charge in [-0.2, -0.15) is 11.8 Å². The van der Waals surface area contributed by atoms with Crippen LogP contribution in [0.15, 0.2) is 0 Å². The van der Waals surface area contributed by atoms with Crippen LogP contribution in [0.3, 0.4) is 0 Å². The van der Waals surface area contributed by atoms with E-state index in [1.54, 1.807) is 0 Å². The Hall–Kier alpha value is -0.0200. The van der Waals surface area contributed by atoms with Gasteiger partial charge in [-0.25, -0.2) is 0 Å². The van der Waals surface area contributed by atoms with Crippen molar-refractivity contribution in [3.63, 3.8) is 0 Å². The molecule has 2 saturated heterocycles. The summed E-state index contributed by atoms with van der Waals surface area (Å²) in [7, 11) is 0. The lowest BCUT2D eigenvalue weighted by atomic mass is 9.98. The minimum absolute atomic E-state index is 0.329. The predicted octanol–water partition coefficient (Wildman–Crippen LogP) is 0.851. The van der Waals surface area contributed by atoms with Crippen molar-refractivity contribution in [2.45, 2.75) is 18.4 Å². The Kier molecular flexibility index (Phi) is 1.49. The number of carbonyl (C=O) groups excluding carboxylic acids is 1. The maximum absolute atomic E-state index is 11.3. The first-order chi connectivity index (χ1) is 4.83. The van der Waals surface area contributed by atoms with E-state index in [0.29, 0.717) is 18.8 Å². The molecule has 3 heteroatoms. The lowest BCUT2D eigenvalue weighted by Gasteiger charge is -2.17. The molecule has 0 aromatic rings. The standard InChI is InChI=1S/C7H10O2S/c8-6-1-3-9-7(6)2-4-10-5-7/h1-5H2. The van der Waals surface area contributed by atoms with Crippen molar-refractivity contribution in [3.8, 4) is 0 Å². The molecule has 0 aliphatic carbocycles. The molecule has 2 aliphatic heterocycles. The topological polar surface area (TPSA) is 26.3 Å². The molecule has 0 saturated carbocycles. The Labute approximate surface area is 64.3 Å². The Morgan fingerprint density at radius 3 is 3.00 bits per heavy atom. The molecule has 0 radical (unpaired) electrons. The zero-order chi connectivity index (χ0) is 7.03. The second-order valence-electron chi connectivity index (χ2n) is 2.82. The summed E-state index contributed by atoms with van der Waals surface area (Å²) in [6.45, 7) is 0.652. The summed E-state index contributed by atoms with van der Waals surface area (Å²) in [6.07, 6.45) is 1.58. The van der Waals surface area contributed by atoms with E-state index in [2.05, 4.69) is 0 Å². The summed E-state index contributed by atoms with van der Waals surface area (Å²) in [5.74, 6) is 2.31. The number of hydrogen-bond donors (Lipinski definition) is 0. The molecule has 2 heterocycles. The molecule has 10 heavy (non-hydrogen) atoms. The van der Waals surface area contributed by atoms with Gasteiger partial charge >= 0.3 is 0 Å². The molecule has 2 aliphatic rings. The number of ether oxygens (including phenoxy) is 1. The Morgan fingerprint density at radius 2 is 2.50 bits per heavy atom. The largest absolute Gasteiger partial charge is 0.366 e. The van der Waals surface area contributed by atoms with Crippen LogP contribution in [0, 0.1) is 0 Å². The number of ketones is 1. The monoisotopic (exact) mass is 158 g/mol. The lowest BCUT2D eigenvalue weighted by Crippen LogP contribution is -2.35. The van der Waals surface area contributed by atoms with Gasteiger partial charge in [0.2, 0.25) is 0 Å². The highest BCUT2D eigenvalue weighted by molar-refractivity contribution is 7.99. The van der Waals surface area contributed by atoms with E-state index in [1.165, 1.54) is 0 Å². The van der Waals surface area contributed by atoms with E-state index in [0.717, 1.165) is 17.9 Å². The third-order valence-corrected chi connectivity index (χ3v) is 3.36. The second-order valence-corrected chi connectivity index (χ2v) is 3.92. The number of carbonyl (C=O) groups is 1. The third kappa shape index (κ3) is 0.805. The second kappa shape index (κ2) is 2.24. The first-order valence-electron chi connectivity index (χ1n) is 3.58. The molecule has 0 bridgehead atoms. The average Bonchev–Trinajstić information content (AvgIpc) is 2.48. The van der Waals surface area contributed by atoms with Crippen molar-refractivity contribution in [1.29, 1.82) is 0 Å². The molecular weight excluding hydrogens is 148 g/mol. The fraction of sp³-hybridized carbons (Fsp3) is 0.857. The molecule has 0 aromatic heterocycles. The van der Waals surface area contributed by atoms with Crippen LogP contribution in [-0.4, -0.2) is 29.5 Å². The Balaban J connectivity index is 2.19. The Morgan fingerprint density at radius 1 is 1.60 bits per heavy atom. The smallest absolute Gasteiger partial charge is 0.167 e. The van der Waals surface area contributed by atoms with Gasteiger partial charge in [-0.1, -0.05) is 0 Å². The quantitative estimate of drug-likeness (QED) is 0.523. The molecule has 0 aromatic carbocycles. The van der Waals surface area contributed by atoms with E-state index in [1.807, 2.05) is 11.8 Å². The van der Waals surface area contributed by atoms with Crippen LogP contribution in [0.4, 0.5) is 0 Å². The normalized spacial score (nSPS) is 39.8. The van der Waals surface area contributed by atoms with Crippen LogP contribution < -0.4 is 0 Å². The summed E-state index contributed by atoms with van der Waals surface area (Å²) in [4.78, 5) is 11.3. The summed E-state index contributed by atoms with van der Waals surface area (Å²) >= 11 is 1.83. The van der Waals surface area contributed by atoms with E-state index in [9.17, 15) is 4.79 Å². The first kappa shape index (κ1) is 6.68. The summed E-state index contributed by atoms with van der Waals surface area (Å²) in [6, 6.07) is 0. The molecule has 1 unspecified atom stereocenters. The molecular formula is C7H10O2S. The fourth-order valence-corrected chi connectivity index (χ4v) is 2.86. The molecule has 0 N–H and O–H groups in total. The van der Waals surface area contributed by atoms with Crippen molar-refractivity contribution < 1.29 is 9.53 Å². The highest BCUT2D eigenvalue weighted by Crippen LogP contribution is 2.36. The molecule has 2 fully saturated rings. The van der Waals surface area contributed by atoms with Gasteiger partial charge in [-0.15, -0.1) is 0 Å². The van der Waals surface area contributed by atoms with Gasteiger partial charge in [0.25, 0.3) is 0 Å². The molecule has 56 valence electrons. The molecule has 2 rings (SSSR count). The zero-order valence-corrected chi connectivity index (χ0v) is 6.58. The average molecular weight is 158 g/mol. The highest BCUT2D eigenvalue weighted by Gasteiger charge is 2.45. The summed E-state index contributed by atoms with van der Waals surface area (Å²) < 4.78 is 5.44. The number of rotatable bonds is 0. The van der Waals surface area contributed by atoms with E-state index < -0.39 is 0 Å². The van der Waals surface area contributed by atoms with Crippen molar-refractivity contribution in [3.05, 3.63) is 0 Å². The van der Waals surface area contributed by atoms with Crippen LogP contribution in [0.25, 0.3) is 0 Å². The summed E-state index contributed by atoms with van der Waals surface area (Å²) in [5, 5.41) is 0. The van der Waals surface area contributed by atoms with Crippen molar-refractivity contribution in [2.75, 3.05) is 18.1 Å². The fourth-order valence-electron chi connectivity index (χ4n) is 1.53. The van der Waals surface area contributed by atoms with Crippen molar-refractivity contribution in [1.82, 2.24) is 0 Å². The van der Waals surface area contributed by atoms with Gasteiger partial charge in [0.15, 0.2) is 5.78 Å². The SMILES string of the molecule is O=C1CCOC12CCSC2. The number of thioether (sulfide) groups is 1. The van der Waals surface area contributed by atoms with E-state index in [-0.39, 0.29) is 5.60 Å². The predicted molar refractivity (Wildman–Crippen MR) is 40.2 cm³/mol. The third-order valence-electron chi connectivity index (χ3n) is 2.20. The van der Waals surface area contributed by atoms with Gasteiger partial charge in [0.1, 0.15) is 5.60 Å². The maximum Gasteiger partial charge on any atom is 0.167 e. The minimum atomic E-state index is -0.329. The van der Waals surface area contributed by atoms with Crippen LogP contribution in [0.2, 0.25) is 0 Å². The van der Waals surface area contributed by atoms with E-state index in [4.69, 9.17) is 4.74 Å². The molecule has 0 amide bonds. The van der Waals surface area contributed by atoms with Gasteiger partial charge in [0, 0.05) is 12.2 Å². The van der Waals surface area contributed by atoms with Crippen LogP contribution >= 0.6 is 11.8 Å². The Bertz CT molecular complexity index is 155. The van der Waals surface area contributed by atoms with Gasteiger partial charge < -0.3 is 4.74 Å². The molecule has 1 atom stereocenters. The molecule has 2 nitrogen and oxygen atoms in total. The zero-order valence-electron chi connectivity index (χ0n) is 5.76. The van der Waals surface area contributed by atoms with Crippen molar-refractivity contribution >= 4 is 17.5 Å². The van der Waals surface area contributed by atoms with Crippen molar-refractivity contribution in [2.24, 2.45) is 0 Å². The highest BCUT2D eigenvalue weighted by atomic mass is 32.2. The number of hydrogen-bond acceptors (Lipinski definition) is 3. The maximum atomic E-state index is 11.3.